The molecule has 2 saturated heterocycles. The van der Waals surface area contributed by atoms with Crippen LogP contribution < -0.4 is 0 Å². The van der Waals surface area contributed by atoms with Gasteiger partial charge >= 0.3 is 12.1 Å². The number of halogens is 4. The standard InChI is InChI=1S/C14H13F4NO4S/c15-10-5-7(14(16,17)18)1-4-12(10)24(22,23)19-8-2-3-11(19)9(6-8)13(20)21/h1,4-5,8-9,11H,2-3,6H2,(H,20,21). The third-order valence-electron chi connectivity index (χ3n) is 4.60. The Bertz CT molecular complexity index is 792. The topological polar surface area (TPSA) is 74.7 Å². The molecule has 1 aromatic rings. The Balaban J connectivity index is 1.99. The fourth-order valence-corrected chi connectivity index (χ4v) is 5.54. The first kappa shape index (κ1) is 17.2. The highest BCUT2D eigenvalue weighted by atomic mass is 32.2. The van der Waals surface area contributed by atoms with Gasteiger partial charge in [0.05, 0.1) is 11.5 Å². The molecule has 1 N–H and O–H groups in total. The second kappa shape index (κ2) is 5.41. The number of hydrogen-bond acceptors (Lipinski definition) is 3. The maximum Gasteiger partial charge on any atom is 0.416 e. The first-order valence-electron chi connectivity index (χ1n) is 7.16. The Kier molecular flexibility index (Phi) is 3.87. The maximum absolute atomic E-state index is 14.0. The van der Waals surface area contributed by atoms with Crippen molar-refractivity contribution in [3.8, 4) is 0 Å². The minimum Gasteiger partial charge on any atom is -0.481 e. The molecule has 2 bridgehead atoms. The van der Waals surface area contributed by atoms with Crippen molar-refractivity contribution in [3.05, 3.63) is 29.6 Å². The van der Waals surface area contributed by atoms with Crippen molar-refractivity contribution in [1.82, 2.24) is 4.31 Å². The van der Waals surface area contributed by atoms with Crippen LogP contribution in [0, 0.1) is 11.7 Å². The van der Waals surface area contributed by atoms with Gasteiger partial charge in [-0.05, 0) is 37.5 Å². The number of hydrogen-bond donors (Lipinski definition) is 1. The molecule has 3 atom stereocenters. The van der Waals surface area contributed by atoms with Crippen molar-refractivity contribution < 1.29 is 35.9 Å². The lowest BCUT2D eigenvalue weighted by Gasteiger charge is -2.23. The molecule has 2 heterocycles. The van der Waals surface area contributed by atoms with E-state index in [0.717, 1.165) is 4.31 Å². The fraction of sp³-hybridized carbons (Fsp3) is 0.500. The molecule has 2 aliphatic heterocycles. The van der Waals surface area contributed by atoms with Crippen LogP contribution in [0.2, 0.25) is 0 Å². The molecule has 0 spiro atoms. The van der Waals surface area contributed by atoms with E-state index in [1.807, 2.05) is 0 Å². The summed E-state index contributed by atoms with van der Waals surface area (Å²) >= 11 is 0. The molecule has 3 unspecified atom stereocenters. The zero-order valence-corrected chi connectivity index (χ0v) is 12.9. The molecular formula is C14H13F4NO4S. The summed E-state index contributed by atoms with van der Waals surface area (Å²) in [5.41, 5.74) is -1.29. The number of carboxylic acid groups (broad SMARTS) is 1. The van der Waals surface area contributed by atoms with Gasteiger partial charge in [0.25, 0.3) is 0 Å². The summed E-state index contributed by atoms with van der Waals surface area (Å²) in [6.45, 7) is 0. The van der Waals surface area contributed by atoms with E-state index < -0.39 is 56.4 Å². The van der Waals surface area contributed by atoms with E-state index in [9.17, 15) is 30.8 Å². The Hall–Kier alpha value is -1.68. The molecule has 0 aromatic heterocycles. The highest BCUT2D eigenvalue weighted by molar-refractivity contribution is 7.89. The van der Waals surface area contributed by atoms with E-state index in [-0.39, 0.29) is 12.5 Å². The number of carboxylic acids is 1. The van der Waals surface area contributed by atoms with Crippen molar-refractivity contribution in [2.45, 2.75) is 42.4 Å². The summed E-state index contributed by atoms with van der Waals surface area (Å²) in [4.78, 5) is 10.3. The van der Waals surface area contributed by atoms with Gasteiger partial charge in [-0.25, -0.2) is 12.8 Å². The van der Waals surface area contributed by atoms with Crippen molar-refractivity contribution >= 4 is 16.0 Å². The highest BCUT2D eigenvalue weighted by Crippen LogP contribution is 2.45. The van der Waals surface area contributed by atoms with Gasteiger partial charge in [0, 0.05) is 12.1 Å². The van der Waals surface area contributed by atoms with Gasteiger partial charge < -0.3 is 5.11 Å². The monoisotopic (exact) mass is 367 g/mol. The molecule has 0 saturated carbocycles. The largest absolute Gasteiger partial charge is 0.481 e. The van der Waals surface area contributed by atoms with Crippen molar-refractivity contribution in [2.75, 3.05) is 0 Å². The predicted molar refractivity (Wildman–Crippen MR) is 73.0 cm³/mol. The van der Waals surface area contributed by atoms with Gasteiger partial charge in [-0.2, -0.15) is 17.5 Å². The van der Waals surface area contributed by atoms with Crippen LogP contribution in [0.25, 0.3) is 0 Å². The molecule has 2 aliphatic rings. The minimum atomic E-state index is -4.79. The molecule has 2 fully saturated rings. The minimum absolute atomic E-state index is 0.126. The molecule has 0 radical (unpaired) electrons. The lowest BCUT2D eigenvalue weighted by molar-refractivity contribution is -0.142. The molecule has 10 heteroatoms. The first-order chi connectivity index (χ1) is 11.0. The zero-order chi connectivity index (χ0) is 17.9. The number of alkyl halides is 3. The molecular weight excluding hydrogens is 354 g/mol. The predicted octanol–water partition coefficient (Wildman–Crippen LogP) is 2.47. The summed E-state index contributed by atoms with van der Waals surface area (Å²) in [5, 5.41) is 9.15. The van der Waals surface area contributed by atoms with Crippen LogP contribution in [0.4, 0.5) is 17.6 Å². The van der Waals surface area contributed by atoms with E-state index in [1.165, 1.54) is 0 Å². The number of benzene rings is 1. The molecule has 5 nitrogen and oxygen atoms in total. The molecule has 132 valence electrons. The average molecular weight is 367 g/mol. The lowest BCUT2D eigenvalue weighted by atomic mass is 9.89. The van der Waals surface area contributed by atoms with E-state index >= 15 is 0 Å². The fourth-order valence-electron chi connectivity index (χ4n) is 3.58. The highest BCUT2D eigenvalue weighted by Gasteiger charge is 2.54. The van der Waals surface area contributed by atoms with Gasteiger partial charge in [-0.1, -0.05) is 0 Å². The number of aliphatic carboxylic acids is 1. The summed E-state index contributed by atoms with van der Waals surface area (Å²) in [6, 6.07) is -0.134. The second-order valence-corrected chi connectivity index (χ2v) is 7.77. The number of rotatable bonds is 3. The van der Waals surface area contributed by atoms with Gasteiger partial charge in [-0.15, -0.1) is 0 Å². The third kappa shape index (κ3) is 2.57. The Morgan fingerprint density at radius 3 is 2.42 bits per heavy atom. The molecule has 1 aromatic carbocycles. The third-order valence-corrected chi connectivity index (χ3v) is 6.62. The van der Waals surface area contributed by atoms with Crippen LogP contribution in [0.5, 0.6) is 0 Å². The Labute approximate surface area is 134 Å². The smallest absolute Gasteiger partial charge is 0.416 e. The number of carbonyl (C=O) groups is 1. The van der Waals surface area contributed by atoms with Crippen LogP contribution in [-0.2, 0) is 21.0 Å². The summed E-state index contributed by atoms with van der Waals surface area (Å²) < 4.78 is 78.0. The van der Waals surface area contributed by atoms with Gasteiger partial charge in [0.2, 0.25) is 10.0 Å². The van der Waals surface area contributed by atoms with Crippen LogP contribution in [0.15, 0.2) is 23.1 Å². The quantitative estimate of drug-likeness (QED) is 0.833. The van der Waals surface area contributed by atoms with Crippen LogP contribution in [0.3, 0.4) is 0 Å². The Morgan fingerprint density at radius 1 is 1.25 bits per heavy atom. The van der Waals surface area contributed by atoms with Gasteiger partial charge in [0.15, 0.2) is 0 Å². The van der Waals surface area contributed by atoms with Crippen molar-refractivity contribution in [2.24, 2.45) is 5.92 Å². The van der Waals surface area contributed by atoms with Crippen LogP contribution in [0.1, 0.15) is 24.8 Å². The van der Waals surface area contributed by atoms with Crippen molar-refractivity contribution in [1.29, 1.82) is 0 Å². The maximum atomic E-state index is 14.0. The van der Waals surface area contributed by atoms with Gasteiger partial charge in [0.1, 0.15) is 10.7 Å². The molecule has 0 aliphatic carbocycles. The second-order valence-electron chi connectivity index (χ2n) is 5.96. The molecule has 24 heavy (non-hydrogen) atoms. The first-order valence-corrected chi connectivity index (χ1v) is 8.60. The normalized spacial score (nSPS) is 27.6. The SMILES string of the molecule is O=C(O)C1CC2CCC1N2S(=O)(=O)c1ccc(C(F)(F)F)cc1F. The number of nitrogens with zero attached hydrogens (tertiary/aromatic N) is 1. The number of sulfonamides is 1. The number of fused-ring (bicyclic) bond motifs is 2. The molecule has 0 amide bonds. The average Bonchev–Trinajstić information content (AvgIpc) is 3.04. The summed E-state index contributed by atoms with van der Waals surface area (Å²) in [5.74, 6) is -3.51. The lowest BCUT2D eigenvalue weighted by Crippen LogP contribution is -2.38. The summed E-state index contributed by atoms with van der Waals surface area (Å²) in [7, 11) is -4.41. The van der Waals surface area contributed by atoms with E-state index in [0.29, 0.717) is 25.0 Å². The summed E-state index contributed by atoms with van der Waals surface area (Å²) in [6.07, 6.45) is -3.87. The Morgan fingerprint density at radius 2 is 1.92 bits per heavy atom. The van der Waals surface area contributed by atoms with Crippen molar-refractivity contribution in [3.63, 3.8) is 0 Å². The molecule has 3 rings (SSSR count). The van der Waals surface area contributed by atoms with E-state index in [4.69, 9.17) is 5.11 Å². The van der Waals surface area contributed by atoms with E-state index in [2.05, 4.69) is 0 Å². The van der Waals surface area contributed by atoms with E-state index in [1.54, 1.807) is 0 Å². The van der Waals surface area contributed by atoms with Crippen LogP contribution >= 0.6 is 0 Å². The zero-order valence-electron chi connectivity index (χ0n) is 12.1. The van der Waals surface area contributed by atoms with Crippen LogP contribution in [-0.4, -0.2) is 35.9 Å². The van der Waals surface area contributed by atoms with Gasteiger partial charge in [-0.3, -0.25) is 4.79 Å².